The summed E-state index contributed by atoms with van der Waals surface area (Å²) < 4.78 is 4.54. The molecule has 0 amide bonds. The Bertz CT molecular complexity index is 245. The second-order valence-electron chi connectivity index (χ2n) is 2.51. The summed E-state index contributed by atoms with van der Waals surface area (Å²) >= 11 is 0. The number of carboxylic acids is 2. The van der Waals surface area contributed by atoms with Gasteiger partial charge in [0, 0.05) is 51.7 Å². The Morgan fingerprint density at radius 3 is 1.35 bits per heavy atom. The van der Waals surface area contributed by atoms with Crippen molar-refractivity contribution in [1.29, 1.82) is 0 Å². The molecule has 0 atom stereocenters. The van der Waals surface area contributed by atoms with Gasteiger partial charge in [0.25, 0.3) is 0 Å². The van der Waals surface area contributed by atoms with E-state index in [0.29, 0.717) is 0 Å². The van der Waals surface area contributed by atoms with Crippen LogP contribution in [0.25, 0.3) is 0 Å². The fourth-order valence-electron chi connectivity index (χ4n) is 0.129. The molecule has 0 heterocycles. The molecule has 23 heavy (non-hydrogen) atoms. The second-order valence-corrected chi connectivity index (χ2v) is 2.51. The molecule has 0 aliphatic heterocycles. The van der Waals surface area contributed by atoms with E-state index in [1.165, 1.54) is 0 Å². The molecule has 2 N–H and O–H groups in total. The zero-order valence-corrected chi connectivity index (χ0v) is 13.7. The average Bonchev–Trinajstić information content (AvgIpc) is 2.50. The van der Waals surface area contributed by atoms with E-state index in [9.17, 15) is 9.59 Å². The van der Waals surface area contributed by atoms with Gasteiger partial charge in [0.15, 0.2) is 0 Å². The Morgan fingerprint density at radius 1 is 1.17 bits per heavy atom. The van der Waals surface area contributed by atoms with Crippen LogP contribution in [0.3, 0.4) is 0 Å². The monoisotopic (exact) mass is 319 g/mol. The molecule has 0 saturated heterocycles. The highest BCUT2D eigenvalue weighted by atomic mass is 16.5. The van der Waals surface area contributed by atoms with Gasteiger partial charge in [-0.3, -0.25) is 9.59 Å². The molecule has 0 spiro atoms. The van der Waals surface area contributed by atoms with Gasteiger partial charge in [-0.1, -0.05) is 13.0 Å². The van der Waals surface area contributed by atoms with Gasteiger partial charge < -0.3 is 14.9 Å². The first-order valence-electron chi connectivity index (χ1n) is 5.90. The Balaban J connectivity index is -0.0000000399. The maximum absolute atomic E-state index is 9.43. The molecule has 7 nitrogen and oxygen atoms in total. The number of hydrogen-bond acceptors (Lipinski definition) is 5. The van der Waals surface area contributed by atoms with E-state index in [2.05, 4.69) is 49.2 Å². The number of carbonyl (C=O) groups excluding carboxylic acids is 2. The van der Waals surface area contributed by atoms with Crippen molar-refractivity contribution in [1.82, 2.24) is 0 Å². The highest BCUT2D eigenvalue weighted by molar-refractivity contribution is 7.17. The fourth-order valence-corrected chi connectivity index (χ4v) is 0.129. The van der Waals surface area contributed by atoms with Crippen LogP contribution in [0.1, 0.15) is 26.7 Å². The Hall–Kier alpha value is -1.66. The standard InChI is InChI=1S/C4H8.C3H4O4.C3H8O.CO2.B3.B2/c1-3-4-2;4-2(5)1-3(6)7;1-3-4-2;2-1-3;1-3-2;1-2/h3H,1,4H2,2H3;1H2,(H,4,5)(H,6,7);3H2,1-2H3;;;. The van der Waals surface area contributed by atoms with Crippen LogP contribution < -0.4 is 0 Å². The van der Waals surface area contributed by atoms with Crippen molar-refractivity contribution in [2.75, 3.05) is 13.7 Å². The zero-order chi connectivity index (χ0) is 20.1. The van der Waals surface area contributed by atoms with E-state index in [1.54, 1.807) is 7.11 Å². The van der Waals surface area contributed by atoms with Crippen molar-refractivity contribution < 1.29 is 34.1 Å². The molecule has 9 radical (unpaired) electrons. The summed E-state index contributed by atoms with van der Waals surface area (Å²) in [7, 11) is 19.7. The van der Waals surface area contributed by atoms with Crippen molar-refractivity contribution >= 4 is 56.1 Å². The number of methoxy groups -OCH3 is 1. The summed E-state index contributed by atoms with van der Waals surface area (Å²) in [6, 6.07) is 0. The number of aliphatic carboxylic acids is 2. The van der Waals surface area contributed by atoms with Gasteiger partial charge in [-0.25, -0.2) is 0 Å². The molecule has 0 aromatic carbocycles. The third kappa shape index (κ3) is 363. The lowest BCUT2D eigenvalue weighted by Gasteiger charge is -1.80. The lowest BCUT2D eigenvalue weighted by atomic mass is 9.40. The van der Waals surface area contributed by atoms with Gasteiger partial charge in [0.1, 0.15) is 6.42 Å². The second kappa shape index (κ2) is 59.2. The minimum absolute atomic E-state index is 0.250. The number of ether oxygens (including phenoxy) is 1. The molecule has 0 aromatic rings. The van der Waals surface area contributed by atoms with Crippen molar-refractivity contribution in [2.45, 2.75) is 26.7 Å². The summed E-state index contributed by atoms with van der Waals surface area (Å²) in [5.41, 5.74) is 0. The Kier molecular flexibility index (Phi) is 96.5. The number of allylic oxidation sites excluding steroid dienone is 1. The van der Waals surface area contributed by atoms with Crippen LogP contribution in [0.4, 0.5) is 0 Å². The molecule has 0 unspecified atom stereocenters. The molecule has 0 bridgehead atoms. The van der Waals surface area contributed by atoms with E-state index in [-0.39, 0.29) is 6.15 Å². The van der Waals surface area contributed by atoms with Gasteiger partial charge in [0.2, 0.25) is 0 Å². The van der Waals surface area contributed by atoms with Gasteiger partial charge in [-0.2, -0.15) is 9.59 Å². The maximum atomic E-state index is 9.43. The van der Waals surface area contributed by atoms with Crippen molar-refractivity contribution in [3.05, 3.63) is 12.7 Å². The van der Waals surface area contributed by atoms with E-state index in [1.807, 2.05) is 13.0 Å². The third-order valence-electron chi connectivity index (χ3n) is 0.880. The van der Waals surface area contributed by atoms with E-state index in [4.69, 9.17) is 19.8 Å². The molecule has 0 aliphatic rings. The van der Waals surface area contributed by atoms with Gasteiger partial charge in [-0.15, -0.1) is 6.58 Å². The van der Waals surface area contributed by atoms with Gasteiger partial charge in [-0.05, 0) is 13.3 Å². The minimum Gasteiger partial charge on any atom is -0.481 e. The van der Waals surface area contributed by atoms with E-state index < -0.39 is 18.4 Å². The molecule has 0 rings (SSSR count). The highest BCUT2D eigenvalue weighted by Crippen LogP contribution is 1.74. The number of rotatable bonds is 4. The first kappa shape index (κ1) is 37.5. The lowest BCUT2D eigenvalue weighted by molar-refractivity contribution is -0.191. The van der Waals surface area contributed by atoms with Crippen LogP contribution in [0.5, 0.6) is 0 Å². The number of carboxylic acid groups (broad SMARTS) is 2. The topological polar surface area (TPSA) is 118 Å². The quantitative estimate of drug-likeness (QED) is 0.399. The largest absolute Gasteiger partial charge is 0.481 e. The van der Waals surface area contributed by atoms with Gasteiger partial charge in [0.05, 0.1) is 0 Å². The molecule has 0 aromatic heterocycles. The summed E-state index contributed by atoms with van der Waals surface area (Å²) in [5, 5.41) is 15.4. The number of carbonyl (C=O) groups is 2. The first-order valence-corrected chi connectivity index (χ1v) is 5.90. The van der Waals surface area contributed by atoms with Crippen LogP contribution in [-0.4, -0.2) is 80.0 Å². The zero-order valence-electron chi connectivity index (χ0n) is 13.7. The predicted molar refractivity (Wildman–Crippen MR) is 91.7 cm³/mol. The van der Waals surface area contributed by atoms with Crippen LogP contribution in [0.2, 0.25) is 0 Å². The molecular formula is C11H20B5O7. The van der Waals surface area contributed by atoms with Crippen molar-refractivity contribution in [2.24, 2.45) is 0 Å². The Morgan fingerprint density at radius 2 is 1.35 bits per heavy atom. The predicted octanol–water partition coefficient (Wildman–Crippen LogP) is -0.707. The Labute approximate surface area is 144 Å². The molecule has 12 heteroatoms. The van der Waals surface area contributed by atoms with Crippen molar-refractivity contribution in [3.63, 3.8) is 0 Å². The van der Waals surface area contributed by atoms with E-state index >= 15 is 0 Å². The molecule has 0 fully saturated rings. The summed E-state index contributed by atoms with van der Waals surface area (Å²) in [5.74, 6) is -2.62. The molecular weight excluding hydrogens is 298 g/mol. The SMILES string of the molecule is C=CCC.CCOC.O=C(O)CC(=O)O.O=C=O.[B][B].[B][B][B]. The first-order chi connectivity index (χ1) is 10.8. The molecule has 0 aliphatic carbocycles. The average molecular weight is 318 g/mol. The molecule has 0 saturated carbocycles. The summed E-state index contributed by atoms with van der Waals surface area (Å²) in [6.07, 6.45) is 2.40. The minimum atomic E-state index is -1.31. The number of hydrogen-bond donors (Lipinski definition) is 2. The normalized spacial score (nSPS) is 5.87. The highest BCUT2D eigenvalue weighted by Gasteiger charge is 2.01. The maximum Gasteiger partial charge on any atom is 0.373 e. The summed E-state index contributed by atoms with van der Waals surface area (Å²) in [4.78, 5) is 35.1. The lowest BCUT2D eigenvalue weighted by Crippen LogP contribution is -2.03. The van der Waals surface area contributed by atoms with Gasteiger partial charge >= 0.3 is 18.1 Å². The summed E-state index contributed by atoms with van der Waals surface area (Å²) in [6.45, 7) is 8.32. The van der Waals surface area contributed by atoms with Crippen molar-refractivity contribution in [3.8, 4) is 0 Å². The van der Waals surface area contributed by atoms with Crippen LogP contribution >= 0.6 is 0 Å². The smallest absolute Gasteiger partial charge is 0.373 e. The van der Waals surface area contributed by atoms with Crippen LogP contribution in [0.15, 0.2) is 12.7 Å². The van der Waals surface area contributed by atoms with Crippen LogP contribution in [0, 0.1) is 0 Å². The third-order valence-corrected chi connectivity index (χ3v) is 0.880. The van der Waals surface area contributed by atoms with E-state index in [0.717, 1.165) is 20.1 Å². The fraction of sp³-hybridized carbons (Fsp3) is 0.545. The molecule has 121 valence electrons. The van der Waals surface area contributed by atoms with Crippen LogP contribution in [-0.2, 0) is 23.9 Å².